The fraction of sp³-hybridized carbons (Fsp3) is 0.571. The van der Waals surface area contributed by atoms with E-state index in [2.05, 4.69) is 18.8 Å². The van der Waals surface area contributed by atoms with Crippen LogP contribution in [0.4, 0.5) is 0 Å². The van der Waals surface area contributed by atoms with Crippen LogP contribution in [-0.2, 0) is 14.2 Å². The van der Waals surface area contributed by atoms with Crippen LogP contribution in [0.15, 0.2) is 24.0 Å². The van der Waals surface area contributed by atoms with Crippen molar-refractivity contribution in [1.82, 2.24) is 0 Å². The Morgan fingerprint density at radius 1 is 1.65 bits per heavy atom. The SMILES string of the molecule is CCCC#C/C=C1\C=CC2(CCC(OC)O2)O1. The first-order valence-electron chi connectivity index (χ1n) is 6.05. The van der Waals surface area contributed by atoms with Crippen LogP contribution in [0, 0.1) is 11.8 Å². The highest BCUT2D eigenvalue weighted by Gasteiger charge is 2.43. The number of hydrogen-bond donors (Lipinski definition) is 0. The van der Waals surface area contributed by atoms with Gasteiger partial charge in [0.1, 0.15) is 5.76 Å². The summed E-state index contributed by atoms with van der Waals surface area (Å²) in [7, 11) is 1.65. The van der Waals surface area contributed by atoms with Crippen molar-refractivity contribution in [3.8, 4) is 11.8 Å². The smallest absolute Gasteiger partial charge is 0.233 e. The van der Waals surface area contributed by atoms with E-state index < -0.39 is 5.79 Å². The second kappa shape index (κ2) is 5.39. The van der Waals surface area contributed by atoms with Gasteiger partial charge in [0, 0.05) is 32.4 Å². The largest absolute Gasteiger partial charge is 0.458 e. The highest BCUT2D eigenvalue weighted by Crippen LogP contribution is 2.38. The molecule has 1 spiro atoms. The van der Waals surface area contributed by atoms with E-state index in [1.54, 1.807) is 13.2 Å². The Morgan fingerprint density at radius 3 is 3.24 bits per heavy atom. The first kappa shape index (κ1) is 12.2. The first-order chi connectivity index (χ1) is 8.28. The van der Waals surface area contributed by atoms with Crippen LogP contribution in [-0.4, -0.2) is 19.2 Å². The van der Waals surface area contributed by atoms with Crippen molar-refractivity contribution in [2.45, 2.75) is 44.7 Å². The molecule has 1 fully saturated rings. The quantitative estimate of drug-likeness (QED) is 0.688. The van der Waals surface area contributed by atoms with E-state index in [0.29, 0.717) is 0 Å². The molecule has 0 N–H and O–H groups in total. The van der Waals surface area contributed by atoms with Crippen molar-refractivity contribution < 1.29 is 14.2 Å². The van der Waals surface area contributed by atoms with Crippen LogP contribution in [0.1, 0.15) is 32.6 Å². The number of hydrogen-bond acceptors (Lipinski definition) is 3. The third kappa shape index (κ3) is 2.91. The Morgan fingerprint density at radius 2 is 2.53 bits per heavy atom. The van der Waals surface area contributed by atoms with E-state index in [0.717, 1.165) is 31.4 Å². The molecule has 2 atom stereocenters. The van der Waals surface area contributed by atoms with E-state index in [1.807, 2.05) is 12.2 Å². The minimum atomic E-state index is -0.612. The van der Waals surface area contributed by atoms with Crippen molar-refractivity contribution >= 4 is 0 Å². The van der Waals surface area contributed by atoms with Crippen molar-refractivity contribution in [3.63, 3.8) is 0 Å². The molecular formula is C14H18O3. The summed E-state index contributed by atoms with van der Waals surface area (Å²) in [6.07, 6.45) is 9.17. The molecule has 2 heterocycles. The Hall–Kier alpha value is -1.24. The average molecular weight is 234 g/mol. The summed E-state index contributed by atoms with van der Waals surface area (Å²) in [5, 5.41) is 0. The van der Waals surface area contributed by atoms with Gasteiger partial charge in [-0.05, 0) is 18.6 Å². The van der Waals surface area contributed by atoms with Gasteiger partial charge < -0.3 is 14.2 Å². The van der Waals surface area contributed by atoms with Gasteiger partial charge in [0.2, 0.25) is 5.79 Å². The summed E-state index contributed by atoms with van der Waals surface area (Å²) in [5.41, 5.74) is 0. The molecule has 2 rings (SSSR count). The molecule has 0 saturated carbocycles. The van der Waals surface area contributed by atoms with Crippen LogP contribution < -0.4 is 0 Å². The zero-order valence-corrected chi connectivity index (χ0v) is 10.4. The van der Waals surface area contributed by atoms with E-state index in [4.69, 9.17) is 14.2 Å². The van der Waals surface area contributed by atoms with Gasteiger partial charge in [-0.15, -0.1) is 0 Å². The Bertz CT molecular complexity index is 386. The van der Waals surface area contributed by atoms with Crippen LogP contribution in [0.3, 0.4) is 0 Å². The molecule has 0 aromatic rings. The summed E-state index contributed by atoms with van der Waals surface area (Å²) in [4.78, 5) is 0. The van der Waals surface area contributed by atoms with E-state index in [9.17, 15) is 0 Å². The normalized spacial score (nSPS) is 32.8. The van der Waals surface area contributed by atoms with Gasteiger partial charge in [-0.2, -0.15) is 0 Å². The molecule has 0 radical (unpaired) electrons. The van der Waals surface area contributed by atoms with Crippen LogP contribution in [0.2, 0.25) is 0 Å². The maximum absolute atomic E-state index is 5.77. The highest BCUT2D eigenvalue weighted by atomic mass is 16.8. The minimum Gasteiger partial charge on any atom is -0.458 e. The van der Waals surface area contributed by atoms with Gasteiger partial charge in [-0.1, -0.05) is 18.8 Å². The van der Waals surface area contributed by atoms with Gasteiger partial charge in [0.15, 0.2) is 6.29 Å². The van der Waals surface area contributed by atoms with Gasteiger partial charge in [0.25, 0.3) is 0 Å². The Labute approximate surface area is 102 Å². The van der Waals surface area contributed by atoms with Crippen molar-refractivity contribution in [1.29, 1.82) is 0 Å². The Balaban J connectivity index is 1.93. The van der Waals surface area contributed by atoms with Crippen LogP contribution >= 0.6 is 0 Å². The van der Waals surface area contributed by atoms with Crippen molar-refractivity contribution in [2.24, 2.45) is 0 Å². The number of methoxy groups -OCH3 is 1. The molecule has 0 aliphatic carbocycles. The van der Waals surface area contributed by atoms with E-state index >= 15 is 0 Å². The lowest BCUT2D eigenvalue weighted by atomic mass is 10.2. The summed E-state index contributed by atoms with van der Waals surface area (Å²) < 4.78 is 16.6. The van der Waals surface area contributed by atoms with Crippen LogP contribution in [0.5, 0.6) is 0 Å². The molecule has 3 nitrogen and oxygen atoms in total. The highest BCUT2D eigenvalue weighted by molar-refractivity contribution is 5.30. The molecule has 0 aromatic heterocycles. The number of ether oxygens (including phenoxy) is 3. The van der Waals surface area contributed by atoms with E-state index in [1.165, 1.54) is 0 Å². The standard InChI is InChI=1S/C14H18O3/c1-3-4-5-6-7-12-8-10-14(16-12)11-9-13(15-2)17-14/h7-8,10,13H,3-4,9,11H2,1-2H3/b12-7+. The van der Waals surface area contributed by atoms with Gasteiger partial charge in [-0.25, -0.2) is 0 Å². The molecule has 2 aliphatic rings. The molecule has 2 aliphatic heterocycles. The summed E-state index contributed by atoms with van der Waals surface area (Å²) in [6.45, 7) is 2.11. The van der Waals surface area contributed by atoms with Gasteiger partial charge in [-0.3, -0.25) is 0 Å². The lowest BCUT2D eigenvalue weighted by Gasteiger charge is -2.22. The molecule has 2 unspecified atom stereocenters. The maximum atomic E-state index is 5.77. The molecule has 3 heteroatoms. The van der Waals surface area contributed by atoms with Crippen molar-refractivity contribution in [2.75, 3.05) is 7.11 Å². The molecule has 0 aromatic carbocycles. The predicted molar refractivity (Wildman–Crippen MR) is 64.8 cm³/mol. The summed E-state index contributed by atoms with van der Waals surface area (Å²) >= 11 is 0. The molecule has 17 heavy (non-hydrogen) atoms. The second-order valence-corrected chi connectivity index (χ2v) is 4.19. The summed E-state index contributed by atoms with van der Waals surface area (Å²) in [5.74, 6) is 6.20. The summed E-state index contributed by atoms with van der Waals surface area (Å²) in [6, 6.07) is 0. The van der Waals surface area contributed by atoms with E-state index in [-0.39, 0.29) is 6.29 Å². The van der Waals surface area contributed by atoms with Gasteiger partial charge in [0.05, 0.1) is 0 Å². The zero-order valence-electron chi connectivity index (χ0n) is 10.4. The molecular weight excluding hydrogens is 216 g/mol. The number of rotatable bonds is 2. The monoisotopic (exact) mass is 234 g/mol. The maximum Gasteiger partial charge on any atom is 0.233 e. The predicted octanol–water partition coefficient (Wildman–Crippen LogP) is 2.74. The minimum absolute atomic E-state index is 0.162. The lowest BCUT2D eigenvalue weighted by molar-refractivity contribution is -0.218. The Kier molecular flexibility index (Phi) is 3.88. The third-order valence-corrected chi connectivity index (χ3v) is 2.81. The second-order valence-electron chi connectivity index (χ2n) is 4.19. The fourth-order valence-electron chi connectivity index (χ4n) is 1.90. The van der Waals surface area contributed by atoms with Crippen LogP contribution in [0.25, 0.3) is 0 Å². The molecule has 0 amide bonds. The first-order valence-corrected chi connectivity index (χ1v) is 6.05. The zero-order chi connectivity index (χ0) is 12.1. The number of unbranched alkanes of at least 4 members (excludes halogenated alkanes) is 1. The topological polar surface area (TPSA) is 27.7 Å². The fourth-order valence-corrected chi connectivity index (χ4v) is 1.90. The van der Waals surface area contributed by atoms with Crippen molar-refractivity contribution in [3.05, 3.63) is 24.0 Å². The lowest BCUT2D eigenvalue weighted by Crippen LogP contribution is -2.27. The number of allylic oxidation sites excluding steroid dienone is 2. The molecule has 92 valence electrons. The van der Waals surface area contributed by atoms with Gasteiger partial charge >= 0.3 is 0 Å². The molecule has 1 saturated heterocycles. The molecule has 0 bridgehead atoms. The average Bonchev–Trinajstić information content (AvgIpc) is 2.93. The third-order valence-electron chi connectivity index (χ3n) is 2.81.